The van der Waals surface area contributed by atoms with Gasteiger partial charge in [-0.2, -0.15) is 4.98 Å². The second kappa shape index (κ2) is 10.4. The average molecular weight is 544 g/mol. The third kappa shape index (κ3) is 7.35. The van der Waals surface area contributed by atoms with E-state index in [2.05, 4.69) is 9.97 Å². The van der Waals surface area contributed by atoms with Crippen molar-refractivity contribution in [2.75, 3.05) is 11.4 Å². The van der Waals surface area contributed by atoms with E-state index in [1.807, 2.05) is 0 Å². The number of fused-ring (bicyclic) bond motifs is 1. The summed E-state index contributed by atoms with van der Waals surface area (Å²) in [4.78, 5) is 37.8. The van der Waals surface area contributed by atoms with Crippen LogP contribution in [0.15, 0.2) is 18.2 Å². The van der Waals surface area contributed by atoms with Gasteiger partial charge in [0.1, 0.15) is 17.0 Å². The number of carbonyl (C=O) groups excluding carboxylic acids is 2. The van der Waals surface area contributed by atoms with Crippen LogP contribution in [0.5, 0.6) is 0 Å². The first-order valence-corrected chi connectivity index (χ1v) is 12.2. The van der Waals surface area contributed by atoms with E-state index >= 15 is 0 Å². The highest BCUT2D eigenvalue weighted by molar-refractivity contribution is 6.35. The summed E-state index contributed by atoms with van der Waals surface area (Å²) in [6.07, 6.45) is -0.684. The number of benzene rings is 1. The van der Waals surface area contributed by atoms with Crippen LogP contribution in [0, 0.1) is 0 Å². The second-order valence-electron chi connectivity index (χ2n) is 10.2. The van der Waals surface area contributed by atoms with Crippen LogP contribution in [-0.4, -0.2) is 44.8 Å². The summed E-state index contributed by atoms with van der Waals surface area (Å²) in [5.74, 6) is 0.244. The molecule has 190 valence electrons. The van der Waals surface area contributed by atoms with Gasteiger partial charge in [0.15, 0.2) is 0 Å². The topological polar surface area (TPSA) is 84.9 Å². The maximum Gasteiger partial charge on any atom is 0.416 e. The molecular formula is C24H29Cl3N4O4. The van der Waals surface area contributed by atoms with Crippen LogP contribution in [0.2, 0.25) is 15.3 Å². The minimum absolute atomic E-state index is 0.0137. The van der Waals surface area contributed by atoms with Crippen molar-refractivity contribution in [3.05, 3.63) is 50.3 Å². The standard InChI is InChI=1S/C24H29Cl3N4O4/c1-23(2,3)34-21(32)30-10-9-18-16(13-30)19(29-20(27)28-18)31(22(33)35-24(4,5)6)12-14-7-8-15(25)11-17(14)26/h7-8,11H,9-10,12-13H2,1-6H3. The van der Waals surface area contributed by atoms with E-state index in [-0.39, 0.29) is 24.2 Å². The summed E-state index contributed by atoms with van der Waals surface area (Å²) in [6, 6.07) is 5.01. The molecule has 1 aromatic heterocycles. The third-order valence-corrected chi connectivity index (χ3v) is 5.63. The monoisotopic (exact) mass is 542 g/mol. The second-order valence-corrected chi connectivity index (χ2v) is 11.4. The molecule has 35 heavy (non-hydrogen) atoms. The molecule has 0 saturated heterocycles. The fourth-order valence-electron chi connectivity index (χ4n) is 3.44. The van der Waals surface area contributed by atoms with Gasteiger partial charge in [-0.05, 0) is 70.8 Å². The highest BCUT2D eigenvalue weighted by Gasteiger charge is 2.33. The first kappa shape index (κ1) is 27.3. The number of carbonyl (C=O) groups is 2. The fraction of sp³-hybridized carbons (Fsp3) is 0.500. The summed E-state index contributed by atoms with van der Waals surface area (Å²) >= 11 is 18.7. The molecule has 11 heteroatoms. The molecule has 2 heterocycles. The van der Waals surface area contributed by atoms with Crippen molar-refractivity contribution in [2.45, 2.75) is 72.3 Å². The van der Waals surface area contributed by atoms with Crippen LogP contribution in [0.25, 0.3) is 0 Å². The zero-order chi connectivity index (χ0) is 26.1. The molecule has 0 fully saturated rings. The Morgan fingerprint density at radius 2 is 1.69 bits per heavy atom. The van der Waals surface area contributed by atoms with Crippen molar-refractivity contribution < 1.29 is 19.1 Å². The lowest BCUT2D eigenvalue weighted by Gasteiger charge is -2.33. The molecule has 0 unspecified atom stereocenters. The number of anilines is 1. The predicted octanol–water partition coefficient (Wildman–Crippen LogP) is 6.67. The van der Waals surface area contributed by atoms with Gasteiger partial charge in [-0.15, -0.1) is 0 Å². The molecule has 0 aliphatic carbocycles. The maximum absolute atomic E-state index is 13.4. The van der Waals surface area contributed by atoms with Crippen LogP contribution in [0.4, 0.5) is 15.4 Å². The van der Waals surface area contributed by atoms with E-state index in [1.165, 1.54) is 4.90 Å². The van der Waals surface area contributed by atoms with E-state index < -0.39 is 23.4 Å². The Labute approximate surface area is 220 Å². The van der Waals surface area contributed by atoms with E-state index in [0.717, 1.165) is 0 Å². The Balaban J connectivity index is 2.05. The van der Waals surface area contributed by atoms with Gasteiger partial charge in [-0.3, -0.25) is 4.90 Å². The fourth-order valence-corrected chi connectivity index (χ4v) is 4.09. The number of ether oxygens (including phenoxy) is 2. The molecule has 0 N–H and O–H groups in total. The van der Waals surface area contributed by atoms with Gasteiger partial charge in [-0.25, -0.2) is 14.6 Å². The largest absolute Gasteiger partial charge is 0.444 e. The highest BCUT2D eigenvalue weighted by atomic mass is 35.5. The Bertz CT molecular complexity index is 1130. The van der Waals surface area contributed by atoms with Gasteiger partial charge < -0.3 is 14.4 Å². The minimum Gasteiger partial charge on any atom is -0.444 e. The van der Waals surface area contributed by atoms with Gasteiger partial charge in [0.2, 0.25) is 5.28 Å². The number of rotatable bonds is 3. The van der Waals surface area contributed by atoms with Crippen LogP contribution in [0.3, 0.4) is 0 Å². The van der Waals surface area contributed by atoms with Crippen molar-refractivity contribution in [1.82, 2.24) is 14.9 Å². The summed E-state index contributed by atoms with van der Waals surface area (Å²) < 4.78 is 11.2. The lowest BCUT2D eigenvalue weighted by Crippen LogP contribution is -2.42. The molecule has 1 aromatic carbocycles. The molecule has 2 amide bonds. The normalized spacial score (nSPS) is 13.8. The Kier molecular flexibility index (Phi) is 8.09. The molecule has 8 nitrogen and oxygen atoms in total. The number of aromatic nitrogens is 2. The van der Waals surface area contributed by atoms with Crippen molar-refractivity contribution in [3.63, 3.8) is 0 Å². The zero-order valence-corrected chi connectivity index (χ0v) is 22.9. The van der Waals surface area contributed by atoms with E-state index in [0.29, 0.717) is 39.8 Å². The van der Waals surface area contributed by atoms with Crippen LogP contribution >= 0.6 is 34.8 Å². The van der Waals surface area contributed by atoms with Gasteiger partial charge in [0.25, 0.3) is 0 Å². The molecule has 0 bridgehead atoms. The smallest absolute Gasteiger partial charge is 0.416 e. The van der Waals surface area contributed by atoms with Gasteiger partial charge in [0.05, 0.1) is 18.8 Å². The molecule has 0 spiro atoms. The summed E-state index contributed by atoms with van der Waals surface area (Å²) in [5.41, 5.74) is 0.451. The molecule has 2 aromatic rings. The maximum atomic E-state index is 13.4. The summed E-state index contributed by atoms with van der Waals surface area (Å²) in [6.45, 7) is 11.3. The summed E-state index contributed by atoms with van der Waals surface area (Å²) in [7, 11) is 0. The number of amides is 2. The van der Waals surface area contributed by atoms with Crippen molar-refractivity contribution in [1.29, 1.82) is 0 Å². The number of hydrogen-bond acceptors (Lipinski definition) is 6. The number of nitrogens with zero attached hydrogens (tertiary/aromatic N) is 4. The van der Waals surface area contributed by atoms with E-state index in [4.69, 9.17) is 44.3 Å². The Morgan fingerprint density at radius 1 is 1.03 bits per heavy atom. The third-order valence-electron chi connectivity index (χ3n) is 4.88. The van der Waals surface area contributed by atoms with E-state index in [1.54, 1.807) is 64.6 Å². The first-order chi connectivity index (χ1) is 16.1. The van der Waals surface area contributed by atoms with Crippen LogP contribution in [0.1, 0.15) is 58.4 Å². The number of hydrogen-bond donors (Lipinski definition) is 0. The van der Waals surface area contributed by atoms with Crippen molar-refractivity contribution in [2.24, 2.45) is 0 Å². The van der Waals surface area contributed by atoms with Crippen LogP contribution < -0.4 is 4.90 Å². The van der Waals surface area contributed by atoms with Gasteiger partial charge >= 0.3 is 12.2 Å². The van der Waals surface area contributed by atoms with Gasteiger partial charge in [-0.1, -0.05) is 29.3 Å². The number of halogens is 3. The lowest BCUT2D eigenvalue weighted by atomic mass is 10.1. The zero-order valence-electron chi connectivity index (χ0n) is 20.6. The van der Waals surface area contributed by atoms with Gasteiger partial charge in [0, 0.05) is 28.6 Å². The lowest BCUT2D eigenvalue weighted by molar-refractivity contribution is 0.0223. The molecular weight excluding hydrogens is 515 g/mol. The molecule has 3 rings (SSSR count). The minimum atomic E-state index is -0.765. The van der Waals surface area contributed by atoms with Crippen molar-refractivity contribution >= 4 is 52.8 Å². The highest BCUT2D eigenvalue weighted by Crippen LogP contribution is 2.32. The Morgan fingerprint density at radius 3 is 2.29 bits per heavy atom. The average Bonchev–Trinajstić information content (AvgIpc) is 2.69. The predicted molar refractivity (Wildman–Crippen MR) is 136 cm³/mol. The molecule has 1 aliphatic heterocycles. The quantitative estimate of drug-likeness (QED) is 0.402. The molecule has 0 saturated carbocycles. The van der Waals surface area contributed by atoms with E-state index in [9.17, 15) is 9.59 Å². The van der Waals surface area contributed by atoms with Crippen molar-refractivity contribution in [3.8, 4) is 0 Å². The molecule has 0 radical (unpaired) electrons. The Hall–Kier alpha value is -2.29. The molecule has 0 atom stereocenters. The van der Waals surface area contributed by atoms with Crippen LogP contribution in [-0.2, 0) is 29.0 Å². The first-order valence-electron chi connectivity index (χ1n) is 11.1. The summed E-state index contributed by atoms with van der Waals surface area (Å²) in [5, 5.41) is 0.841. The molecule has 1 aliphatic rings. The SMILES string of the molecule is CC(C)(C)OC(=O)N1CCc2nc(Cl)nc(N(Cc3ccc(Cl)cc3Cl)C(=O)OC(C)(C)C)c2C1.